The largest absolute Gasteiger partial charge is 0.356 e. The lowest BCUT2D eigenvalue weighted by Crippen LogP contribution is -2.49. The van der Waals surface area contributed by atoms with Crippen molar-refractivity contribution in [3.05, 3.63) is 0 Å². The van der Waals surface area contributed by atoms with Crippen LogP contribution in [0.5, 0.6) is 0 Å². The van der Waals surface area contributed by atoms with E-state index >= 15 is 0 Å². The molecule has 28 heavy (non-hydrogen) atoms. The van der Waals surface area contributed by atoms with E-state index in [4.69, 9.17) is 0 Å². The quantitative estimate of drug-likeness (QED) is 0.285. The fourth-order valence-electron chi connectivity index (χ4n) is 4.42. The average Bonchev–Trinajstić information content (AvgIpc) is 2.71. The second-order valence-corrected chi connectivity index (χ2v) is 8.31. The van der Waals surface area contributed by atoms with Crippen LogP contribution in [0.1, 0.15) is 46.5 Å². The summed E-state index contributed by atoms with van der Waals surface area (Å²) >= 11 is 0. The van der Waals surface area contributed by atoms with Crippen molar-refractivity contribution in [2.75, 3.05) is 72.5 Å². The Morgan fingerprint density at radius 2 is 1.75 bits per heavy atom. The van der Waals surface area contributed by atoms with Crippen molar-refractivity contribution in [1.29, 1.82) is 0 Å². The smallest absolute Gasteiger partial charge is 0.191 e. The molecule has 166 valence electrons. The summed E-state index contributed by atoms with van der Waals surface area (Å²) in [6, 6.07) is 0.781. The van der Waals surface area contributed by atoms with Gasteiger partial charge in [0.15, 0.2) is 5.96 Å². The zero-order valence-corrected chi connectivity index (χ0v) is 21.1. The molecule has 0 aromatic rings. The highest BCUT2D eigenvalue weighted by atomic mass is 127. The van der Waals surface area contributed by atoms with E-state index in [0.717, 1.165) is 31.6 Å². The molecule has 2 aliphatic heterocycles. The first-order valence-electron chi connectivity index (χ1n) is 11.3. The zero-order chi connectivity index (χ0) is 19.5. The third-order valence-electron chi connectivity index (χ3n) is 6.24. The Bertz CT molecular complexity index is 425. The van der Waals surface area contributed by atoms with Gasteiger partial charge in [0.25, 0.3) is 0 Å². The van der Waals surface area contributed by atoms with E-state index in [2.05, 4.69) is 51.1 Å². The molecule has 2 N–H and O–H groups in total. The van der Waals surface area contributed by atoms with Gasteiger partial charge in [0.05, 0.1) is 0 Å². The molecule has 0 radical (unpaired) electrons. The number of nitrogens with zero attached hydrogens (tertiary/aromatic N) is 4. The van der Waals surface area contributed by atoms with Crippen LogP contribution in [0.3, 0.4) is 0 Å². The Morgan fingerprint density at radius 3 is 2.39 bits per heavy atom. The number of piperazine rings is 1. The topological polar surface area (TPSA) is 46.1 Å². The van der Waals surface area contributed by atoms with Gasteiger partial charge in [-0.3, -0.25) is 9.89 Å². The van der Waals surface area contributed by atoms with E-state index in [1.54, 1.807) is 0 Å². The van der Waals surface area contributed by atoms with Crippen molar-refractivity contribution in [2.24, 2.45) is 10.9 Å². The minimum absolute atomic E-state index is 0. The SMILES string of the molecule is CCC1CCCCN1CCNC(=NC)NCC(C)CN1CCN(CC)CC1.I. The Labute approximate surface area is 190 Å². The predicted molar refractivity (Wildman–Crippen MR) is 132 cm³/mol. The third kappa shape index (κ3) is 9.13. The van der Waals surface area contributed by atoms with Crippen LogP contribution < -0.4 is 10.6 Å². The molecule has 0 aliphatic carbocycles. The van der Waals surface area contributed by atoms with Gasteiger partial charge in [0.2, 0.25) is 0 Å². The Morgan fingerprint density at radius 1 is 1.04 bits per heavy atom. The van der Waals surface area contributed by atoms with E-state index in [9.17, 15) is 0 Å². The van der Waals surface area contributed by atoms with Gasteiger partial charge in [-0.2, -0.15) is 0 Å². The lowest BCUT2D eigenvalue weighted by Gasteiger charge is -2.35. The number of likely N-dealkylation sites (N-methyl/N-ethyl adjacent to an activating group) is 1. The first kappa shape index (κ1) is 25.9. The Balaban J connectivity index is 0.00000392. The van der Waals surface area contributed by atoms with Crippen LogP contribution in [0.25, 0.3) is 0 Å². The number of guanidine groups is 1. The molecule has 2 rings (SSSR count). The lowest BCUT2D eigenvalue weighted by atomic mass is 10.0. The van der Waals surface area contributed by atoms with Crippen LogP contribution in [0, 0.1) is 5.92 Å². The molecule has 7 heteroatoms. The first-order chi connectivity index (χ1) is 13.2. The molecule has 2 unspecified atom stereocenters. The molecule has 2 saturated heterocycles. The second kappa shape index (κ2) is 14.8. The molecule has 6 nitrogen and oxygen atoms in total. The second-order valence-electron chi connectivity index (χ2n) is 8.31. The molecule has 2 fully saturated rings. The summed E-state index contributed by atoms with van der Waals surface area (Å²) < 4.78 is 0. The number of hydrogen-bond donors (Lipinski definition) is 2. The van der Waals surface area contributed by atoms with Crippen molar-refractivity contribution in [3.8, 4) is 0 Å². The molecular formula is C21H45IN6. The predicted octanol–water partition coefficient (Wildman–Crippen LogP) is 2.31. The molecule has 0 aromatic carbocycles. The minimum atomic E-state index is 0. The van der Waals surface area contributed by atoms with Crippen molar-refractivity contribution in [2.45, 2.75) is 52.5 Å². The van der Waals surface area contributed by atoms with Gasteiger partial charge < -0.3 is 20.4 Å². The molecule has 2 heterocycles. The van der Waals surface area contributed by atoms with Crippen molar-refractivity contribution in [1.82, 2.24) is 25.3 Å². The molecule has 0 bridgehead atoms. The maximum atomic E-state index is 4.41. The lowest BCUT2D eigenvalue weighted by molar-refractivity contribution is 0.124. The molecule has 0 saturated carbocycles. The van der Waals surface area contributed by atoms with Gasteiger partial charge in [-0.05, 0) is 38.3 Å². The number of aliphatic imine (C=N–C) groups is 1. The van der Waals surface area contributed by atoms with E-state index in [1.807, 2.05) is 7.05 Å². The van der Waals surface area contributed by atoms with Gasteiger partial charge in [-0.15, -0.1) is 24.0 Å². The molecule has 0 aromatic heterocycles. The maximum absolute atomic E-state index is 4.41. The summed E-state index contributed by atoms with van der Waals surface area (Å²) in [6.07, 6.45) is 5.40. The molecular weight excluding hydrogens is 463 g/mol. The monoisotopic (exact) mass is 508 g/mol. The number of hydrogen-bond acceptors (Lipinski definition) is 4. The number of halogens is 1. The number of likely N-dealkylation sites (tertiary alicyclic amines) is 1. The number of nitrogens with one attached hydrogen (secondary N) is 2. The van der Waals surface area contributed by atoms with Crippen LogP contribution >= 0.6 is 24.0 Å². The van der Waals surface area contributed by atoms with Gasteiger partial charge in [-0.25, -0.2) is 0 Å². The summed E-state index contributed by atoms with van der Waals surface area (Å²) in [7, 11) is 1.87. The van der Waals surface area contributed by atoms with Crippen LogP contribution in [0.15, 0.2) is 4.99 Å². The van der Waals surface area contributed by atoms with Crippen LogP contribution in [0.2, 0.25) is 0 Å². The van der Waals surface area contributed by atoms with Crippen molar-refractivity contribution in [3.63, 3.8) is 0 Å². The maximum Gasteiger partial charge on any atom is 0.191 e. The Hall–Kier alpha value is -0.120. The fourth-order valence-corrected chi connectivity index (χ4v) is 4.42. The Kier molecular flexibility index (Phi) is 13.7. The summed E-state index contributed by atoms with van der Waals surface area (Å²) in [5.41, 5.74) is 0. The van der Waals surface area contributed by atoms with Gasteiger partial charge >= 0.3 is 0 Å². The third-order valence-corrected chi connectivity index (χ3v) is 6.24. The number of piperidine rings is 1. The van der Waals surface area contributed by atoms with Gasteiger partial charge in [0, 0.05) is 65.4 Å². The van der Waals surface area contributed by atoms with Crippen LogP contribution in [0.4, 0.5) is 0 Å². The standard InChI is InChI=1S/C21H44N6.HI/c1-5-20-9-7-8-11-27(20)12-10-23-21(22-4)24-17-19(3)18-26-15-13-25(6-2)14-16-26;/h19-20H,5-18H2,1-4H3,(H2,22,23,24);1H. The zero-order valence-electron chi connectivity index (χ0n) is 18.8. The normalized spacial score (nSPS) is 23.9. The highest BCUT2D eigenvalue weighted by Crippen LogP contribution is 2.18. The molecule has 0 spiro atoms. The van der Waals surface area contributed by atoms with Crippen molar-refractivity contribution >= 4 is 29.9 Å². The van der Waals surface area contributed by atoms with Crippen LogP contribution in [-0.2, 0) is 0 Å². The summed E-state index contributed by atoms with van der Waals surface area (Å²) in [6.45, 7) is 18.5. The highest BCUT2D eigenvalue weighted by Gasteiger charge is 2.20. The first-order valence-corrected chi connectivity index (χ1v) is 11.3. The van der Waals surface area contributed by atoms with E-state index in [1.165, 1.54) is 71.5 Å². The van der Waals surface area contributed by atoms with Gasteiger partial charge in [-0.1, -0.05) is 27.2 Å². The van der Waals surface area contributed by atoms with E-state index in [0.29, 0.717) is 5.92 Å². The summed E-state index contributed by atoms with van der Waals surface area (Å²) in [5, 5.41) is 7.04. The van der Waals surface area contributed by atoms with E-state index in [-0.39, 0.29) is 24.0 Å². The van der Waals surface area contributed by atoms with E-state index < -0.39 is 0 Å². The number of rotatable bonds is 9. The summed E-state index contributed by atoms with van der Waals surface area (Å²) in [5.74, 6) is 1.58. The summed E-state index contributed by atoms with van der Waals surface area (Å²) in [4.78, 5) is 12.2. The fraction of sp³-hybridized carbons (Fsp3) is 0.952. The van der Waals surface area contributed by atoms with Gasteiger partial charge in [0.1, 0.15) is 0 Å². The van der Waals surface area contributed by atoms with Crippen molar-refractivity contribution < 1.29 is 0 Å². The molecule has 0 amide bonds. The van der Waals surface area contributed by atoms with Crippen LogP contribution in [-0.4, -0.2) is 99.2 Å². The minimum Gasteiger partial charge on any atom is -0.356 e. The average molecular weight is 509 g/mol. The highest BCUT2D eigenvalue weighted by molar-refractivity contribution is 14.0. The molecule has 2 aliphatic rings. The molecule has 2 atom stereocenters.